The SMILES string of the molecule is COC(=O)C1Cc2ccccc2CN1CCC(=O)NC1CCCc2ccccc21. The number of hydrogen-bond acceptors (Lipinski definition) is 4. The molecule has 29 heavy (non-hydrogen) atoms. The molecular weight excluding hydrogens is 364 g/mol. The number of fused-ring (bicyclic) bond motifs is 2. The number of aryl methyl sites for hydroxylation is 1. The van der Waals surface area contributed by atoms with Gasteiger partial charge in [0.2, 0.25) is 5.91 Å². The van der Waals surface area contributed by atoms with E-state index in [4.69, 9.17) is 4.74 Å². The molecule has 2 aromatic rings. The summed E-state index contributed by atoms with van der Waals surface area (Å²) in [7, 11) is 1.42. The predicted molar refractivity (Wildman–Crippen MR) is 111 cm³/mol. The summed E-state index contributed by atoms with van der Waals surface area (Å²) in [5, 5.41) is 3.21. The number of hydrogen-bond donors (Lipinski definition) is 1. The molecule has 0 bridgehead atoms. The van der Waals surface area contributed by atoms with Gasteiger partial charge in [-0.1, -0.05) is 48.5 Å². The Morgan fingerprint density at radius 3 is 2.59 bits per heavy atom. The van der Waals surface area contributed by atoms with E-state index in [0.29, 0.717) is 25.9 Å². The van der Waals surface area contributed by atoms with Crippen LogP contribution >= 0.6 is 0 Å². The van der Waals surface area contributed by atoms with Gasteiger partial charge >= 0.3 is 5.97 Å². The first-order chi connectivity index (χ1) is 14.2. The van der Waals surface area contributed by atoms with Crippen LogP contribution < -0.4 is 5.32 Å². The van der Waals surface area contributed by atoms with Gasteiger partial charge in [-0.05, 0) is 47.9 Å². The Balaban J connectivity index is 1.40. The lowest BCUT2D eigenvalue weighted by Crippen LogP contribution is -2.47. The second kappa shape index (κ2) is 8.78. The zero-order valence-corrected chi connectivity index (χ0v) is 16.9. The smallest absolute Gasteiger partial charge is 0.323 e. The third kappa shape index (κ3) is 4.35. The Hall–Kier alpha value is -2.66. The number of nitrogens with one attached hydrogen (secondary N) is 1. The van der Waals surface area contributed by atoms with Crippen LogP contribution in [0.2, 0.25) is 0 Å². The Kier molecular flexibility index (Phi) is 5.95. The van der Waals surface area contributed by atoms with Crippen molar-refractivity contribution in [3.63, 3.8) is 0 Å². The van der Waals surface area contributed by atoms with Crippen LogP contribution in [0.5, 0.6) is 0 Å². The molecule has 5 nitrogen and oxygen atoms in total. The minimum Gasteiger partial charge on any atom is -0.468 e. The molecule has 0 saturated carbocycles. The van der Waals surface area contributed by atoms with Crippen molar-refractivity contribution >= 4 is 11.9 Å². The fourth-order valence-electron chi connectivity index (χ4n) is 4.60. The van der Waals surface area contributed by atoms with Gasteiger partial charge in [-0.3, -0.25) is 14.5 Å². The fourth-order valence-corrected chi connectivity index (χ4v) is 4.60. The molecule has 2 aromatic carbocycles. The molecule has 2 unspecified atom stereocenters. The molecule has 1 heterocycles. The first kappa shape index (κ1) is 19.6. The minimum absolute atomic E-state index is 0.0363. The minimum atomic E-state index is -0.335. The number of rotatable bonds is 5. The van der Waals surface area contributed by atoms with E-state index >= 15 is 0 Å². The highest BCUT2D eigenvalue weighted by molar-refractivity contribution is 5.78. The van der Waals surface area contributed by atoms with E-state index in [1.54, 1.807) is 0 Å². The van der Waals surface area contributed by atoms with Gasteiger partial charge in [-0.25, -0.2) is 0 Å². The van der Waals surface area contributed by atoms with Crippen LogP contribution in [0.15, 0.2) is 48.5 Å². The molecule has 2 aliphatic rings. The summed E-state index contributed by atoms with van der Waals surface area (Å²) in [5.74, 6) is -0.199. The van der Waals surface area contributed by atoms with Gasteiger partial charge in [-0.2, -0.15) is 0 Å². The summed E-state index contributed by atoms with van der Waals surface area (Å²) in [5.41, 5.74) is 4.98. The van der Waals surface area contributed by atoms with E-state index in [0.717, 1.165) is 19.3 Å². The molecule has 0 fully saturated rings. The van der Waals surface area contributed by atoms with Gasteiger partial charge in [-0.15, -0.1) is 0 Å². The molecule has 2 atom stereocenters. The van der Waals surface area contributed by atoms with Gasteiger partial charge in [0, 0.05) is 19.5 Å². The number of methoxy groups -OCH3 is 1. The zero-order valence-electron chi connectivity index (χ0n) is 16.9. The lowest BCUT2D eigenvalue weighted by Gasteiger charge is -2.35. The summed E-state index contributed by atoms with van der Waals surface area (Å²) in [6.45, 7) is 1.20. The number of amides is 1. The highest BCUT2D eigenvalue weighted by Gasteiger charge is 2.32. The van der Waals surface area contributed by atoms with Crippen molar-refractivity contribution in [2.45, 2.75) is 50.7 Å². The number of ether oxygens (including phenoxy) is 1. The molecule has 1 aliphatic carbocycles. The van der Waals surface area contributed by atoms with Crippen LogP contribution in [0.25, 0.3) is 0 Å². The van der Waals surface area contributed by atoms with Crippen LogP contribution in [-0.2, 0) is 33.7 Å². The summed E-state index contributed by atoms with van der Waals surface area (Å²) in [4.78, 5) is 27.1. The van der Waals surface area contributed by atoms with Crippen LogP contribution in [0.3, 0.4) is 0 Å². The average molecular weight is 392 g/mol. The van der Waals surface area contributed by atoms with Gasteiger partial charge in [0.05, 0.1) is 13.2 Å². The first-order valence-corrected chi connectivity index (χ1v) is 10.4. The number of nitrogens with zero attached hydrogens (tertiary/aromatic N) is 1. The van der Waals surface area contributed by atoms with Crippen molar-refractivity contribution in [3.8, 4) is 0 Å². The molecule has 152 valence electrons. The van der Waals surface area contributed by atoms with Crippen molar-refractivity contribution in [1.82, 2.24) is 10.2 Å². The van der Waals surface area contributed by atoms with E-state index in [1.165, 1.54) is 29.4 Å². The van der Waals surface area contributed by atoms with Crippen molar-refractivity contribution in [2.24, 2.45) is 0 Å². The highest BCUT2D eigenvalue weighted by Crippen LogP contribution is 2.29. The average Bonchev–Trinajstić information content (AvgIpc) is 2.76. The maximum absolute atomic E-state index is 12.7. The van der Waals surface area contributed by atoms with Crippen molar-refractivity contribution in [2.75, 3.05) is 13.7 Å². The lowest BCUT2D eigenvalue weighted by molar-refractivity contribution is -0.148. The number of esters is 1. The van der Waals surface area contributed by atoms with E-state index in [9.17, 15) is 9.59 Å². The Morgan fingerprint density at radius 2 is 1.79 bits per heavy atom. The predicted octanol–water partition coefficient (Wildman–Crippen LogP) is 3.17. The quantitative estimate of drug-likeness (QED) is 0.794. The molecule has 5 heteroatoms. The van der Waals surface area contributed by atoms with Crippen LogP contribution in [0, 0.1) is 0 Å². The monoisotopic (exact) mass is 392 g/mol. The van der Waals surface area contributed by atoms with E-state index < -0.39 is 0 Å². The molecule has 0 radical (unpaired) electrons. The molecule has 1 aliphatic heterocycles. The van der Waals surface area contributed by atoms with Gasteiger partial charge in [0.1, 0.15) is 6.04 Å². The topological polar surface area (TPSA) is 58.6 Å². The fraction of sp³-hybridized carbons (Fsp3) is 0.417. The third-order valence-corrected chi connectivity index (χ3v) is 6.15. The Labute approximate surface area is 172 Å². The summed E-state index contributed by atoms with van der Waals surface area (Å²) in [6, 6.07) is 16.3. The van der Waals surface area contributed by atoms with Crippen molar-refractivity contribution < 1.29 is 14.3 Å². The number of benzene rings is 2. The van der Waals surface area contributed by atoms with Gasteiger partial charge < -0.3 is 10.1 Å². The largest absolute Gasteiger partial charge is 0.468 e. The molecule has 0 aromatic heterocycles. The first-order valence-electron chi connectivity index (χ1n) is 10.4. The summed E-state index contributed by atoms with van der Waals surface area (Å²) >= 11 is 0. The maximum Gasteiger partial charge on any atom is 0.323 e. The Bertz CT molecular complexity index is 895. The third-order valence-electron chi connectivity index (χ3n) is 6.15. The molecule has 0 spiro atoms. The van der Waals surface area contributed by atoms with Crippen molar-refractivity contribution in [3.05, 3.63) is 70.8 Å². The summed E-state index contributed by atoms with van der Waals surface area (Å²) < 4.78 is 5.02. The second-order valence-electron chi connectivity index (χ2n) is 7.94. The van der Waals surface area contributed by atoms with Crippen LogP contribution in [-0.4, -0.2) is 36.5 Å². The maximum atomic E-state index is 12.7. The van der Waals surface area contributed by atoms with Gasteiger partial charge in [0.15, 0.2) is 0 Å². The highest BCUT2D eigenvalue weighted by atomic mass is 16.5. The molecule has 1 N–H and O–H groups in total. The van der Waals surface area contributed by atoms with E-state index in [1.807, 2.05) is 18.2 Å². The van der Waals surface area contributed by atoms with Crippen LogP contribution in [0.1, 0.15) is 47.6 Å². The number of carbonyl (C=O) groups is 2. The standard InChI is InChI=1S/C24H28N2O3/c1-29-24(28)22-15-18-8-2-3-9-19(18)16-26(22)14-13-23(27)25-21-12-6-10-17-7-4-5-11-20(17)21/h2-5,7-9,11,21-22H,6,10,12-16H2,1H3,(H,25,27). The normalized spacial score (nSPS) is 21.0. The summed E-state index contributed by atoms with van der Waals surface area (Å²) in [6.07, 6.45) is 4.14. The van der Waals surface area contributed by atoms with Crippen molar-refractivity contribution in [1.29, 1.82) is 0 Å². The number of carbonyl (C=O) groups excluding carboxylic acids is 2. The molecule has 1 amide bonds. The molecule has 0 saturated heterocycles. The second-order valence-corrected chi connectivity index (χ2v) is 7.94. The van der Waals surface area contributed by atoms with E-state index in [2.05, 4.69) is 40.5 Å². The zero-order chi connectivity index (χ0) is 20.2. The van der Waals surface area contributed by atoms with E-state index in [-0.39, 0.29) is 24.0 Å². The lowest BCUT2D eigenvalue weighted by atomic mass is 9.87. The van der Waals surface area contributed by atoms with Crippen LogP contribution in [0.4, 0.5) is 0 Å². The molecular formula is C24H28N2O3. The van der Waals surface area contributed by atoms with Gasteiger partial charge in [0.25, 0.3) is 0 Å². The Morgan fingerprint density at radius 1 is 1.07 bits per heavy atom. The molecule has 4 rings (SSSR count).